The summed E-state index contributed by atoms with van der Waals surface area (Å²) in [6, 6.07) is 16.0. The number of rotatable bonds is 8. The van der Waals surface area contributed by atoms with E-state index in [1.807, 2.05) is 47.3 Å². The SMILES string of the molecule is Cc1ccccc1NC(C)CNC(=O)c1ccccc1SCc1cscn1. The van der Waals surface area contributed by atoms with Crippen LogP contribution in [-0.4, -0.2) is 23.5 Å². The summed E-state index contributed by atoms with van der Waals surface area (Å²) in [4.78, 5) is 18.0. The van der Waals surface area contributed by atoms with Crippen molar-refractivity contribution in [3.8, 4) is 0 Å². The van der Waals surface area contributed by atoms with Crippen LogP contribution >= 0.6 is 23.1 Å². The van der Waals surface area contributed by atoms with Crippen molar-refractivity contribution in [2.45, 2.75) is 30.5 Å². The van der Waals surface area contributed by atoms with Gasteiger partial charge in [0.15, 0.2) is 0 Å². The summed E-state index contributed by atoms with van der Waals surface area (Å²) in [7, 11) is 0. The first kappa shape index (κ1) is 19.5. The number of hydrogen-bond donors (Lipinski definition) is 2. The minimum absolute atomic E-state index is 0.0465. The van der Waals surface area contributed by atoms with Gasteiger partial charge in [-0.3, -0.25) is 4.79 Å². The van der Waals surface area contributed by atoms with E-state index >= 15 is 0 Å². The van der Waals surface area contributed by atoms with Crippen molar-refractivity contribution in [3.63, 3.8) is 0 Å². The van der Waals surface area contributed by atoms with Crippen LogP contribution in [0.4, 0.5) is 5.69 Å². The second-order valence-electron chi connectivity index (χ2n) is 6.33. The lowest BCUT2D eigenvalue weighted by atomic mass is 10.1. The van der Waals surface area contributed by atoms with Gasteiger partial charge < -0.3 is 10.6 Å². The number of nitrogens with one attached hydrogen (secondary N) is 2. The predicted molar refractivity (Wildman–Crippen MR) is 115 cm³/mol. The lowest BCUT2D eigenvalue weighted by Gasteiger charge is -2.18. The molecule has 3 aromatic rings. The maximum Gasteiger partial charge on any atom is 0.252 e. The molecule has 0 saturated heterocycles. The molecular formula is C21H23N3OS2. The monoisotopic (exact) mass is 397 g/mol. The number of nitrogens with zero attached hydrogens (tertiary/aromatic N) is 1. The fourth-order valence-corrected chi connectivity index (χ4v) is 4.25. The molecule has 27 heavy (non-hydrogen) atoms. The van der Waals surface area contributed by atoms with E-state index in [2.05, 4.69) is 41.6 Å². The quantitative estimate of drug-likeness (QED) is 0.527. The van der Waals surface area contributed by atoms with Crippen LogP contribution in [0.2, 0.25) is 0 Å². The number of carbonyl (C=O) groups is 1. The van der Waals surface area contributed by atoms with E-state index < -0.39 is 0 Å². The van der Waals surface area contributed by atoms with Gasteiger partial charge in [-0.15, -0.1) is 23.1 Å². The molecule has 6 heteroatoms. The molecule has 2 N–H and O–H groups in total. The average molecular weight is 398 g/mol. The van der Waals surface area contributed by atoms with Gasteiger partial charge in [-0.05, 0) is 37.6 Å². The van der Waals surface area contributed by atoms with Crippen LogP contribution < -0.4 is 10.6 Å². The van der Waals surface area contributed by atoms with E-state index in [-0.39, 0.29) is 11.9 Å². The predicted octanol–water partition coefficient (Wildman–Crippen LogP) is 4.97. The summed E-state index contributed by atoms with van der Waals surface area (Å²) in [5.74, 6) is 0.716. The van der Waals surface area contributed by atoms with Crippen LogP contribution in [0.5, 0.6) is 0 Å². The Morgan fingerprint density at radius 2 is 1.96 bits per heavy atom. The van der Waals surface area contributed by atoms with Gasteiger partial charge in [0, 0.05) is 34.3 Å². The van der Waals surface area contributed by atoms with Gasteiger partial charge in [-0.2, -0.15) is 0 Å². The molecule has 0 aliphatic carbocycles. The number of amides is 1. The smallest absolute Gasteiger partial charge is 0.252 e. The van der Waals surface area contributed by atoms with E-state index in [9.17, 15) is 4.79 Å². The molecule has 4 nitrogen and oxygen atoms in total. The Balaban J connectivity index is 1.57. The van der Waals surface area contributed by atoms with Crippen molar-refractivity contribution in [1.29, 1.82) is 0 Å². The van der Waals surface area contributed by atoms with Crippen molar-refractivity contribution < 1.29 is 4.79 Å². The number of aryl methyl sites for hydroxylation is 1. The molecule has 0 bridgehead atoms. The van der Waals surface area contributed by atoms with Gasteiger partial charge >= 0.3 is 0 Å². The summed E-state index contributed by atoms with van der Waals surface area (Å²) in [6.45, 7) is 4.69. The van der Waals surface area contributed by atoms with E-state index in [1.165, 1.54) is 5.56 Å². The Morgan fingerprint density at radius 3 is 2.74 bits per heavy atom. The number of anilines is 1. The summed E-state index contributed by atoms with van der Waals surface area (Å²) in [5.41, 5.74) is 5.87. The lowest BCUT2D eigenvalue weighted by Crippen LogP contribution is -2.35. The van der Waals surface area contributed by atoms with Gasteiger partial charge in [-0.25, -0.2) is 4.98 Å². The molecule has 0 radical (unpaired) electrons. The summed E-state index contributed by atoms with van der Waals surface area (Å²) in [6.07, 6.45) is 0. The van der Waals surface area contributed by atoms with E-state index in [1.54, 1.807) is 23.1 Å². The standard InChI is InChI=1S/C21H23N3OS2/c1-15-7-3-5-9-19(15)24-16(2)11-22-21(25)18-8-4-6-10-20(18)27-13-17-12-26-14-23-17/h3-10,12,14,16,24H,11,13H2,1-2H3,(H,22,25). The second kappa shape index (κ2) is 9.58. The largest absolute Gasteiger partial charge is 0.381 e. The molecule has 0 fully saturated rings. The molecule has 0 aliphatic rings. The normalized spacial score (nSPS) is 11.8. The molecular weight excluding hydrogens is 374 g/mol. The van der Waals surface area contributed by atoms with Crippen molar-refractivity contribution in [2.75, 3.05) is 11.9 Å². The number of carbonyl (C=O) groups excluding carboxylic acids is 1. The number of thiazole rings is 1. The number of aromatic nitrogens is 1. The molecule has 3 rings (SSSR count). The second-order valence-corrected chi connectivity index (χ2v) is 8.07. The molecule has 2 aromatic carbocycles. The van der Waals surface area contributed by atoms with Gasteiger partial charge in [0.05, 0.1) is 16.8 Å². The van der Waals surface area contributed by atoms with Crippen molar-refractivity contribution in [3.05, 3.63) is 76.2 Å². The Morgan fingerprint density at radius 1 is 1.19 bits per heavy atom. The van der Waals surface area contributed by atoms with Crippen LogP contribution in [0.3, 0.4) is 0 Å². The van der Waals surface area contributed by atoms with Crippen LogP contribution in [0.15, 0.2) is 64.3 Å². The first-order valence-electron chi connectivity index (χ1n) is 8.82. The van der Waals surface area contributed by atoms with Gasteiger partial charge in [0.25, 0.3) is 5.91 Å². The van der Waals surface area contributed by atoms with Gasteiger partial charge in [0.2, 0.25) is 0 Å². The topological polar surface area (TPSA) is 54.0 Å². The first-order valence-corrected chi connectivity index (χ1v) is 10.8. The number of hydrogen-bond acceptors (Lipinski definition) is 5. The molecule has 140 valence electrons. The highest BCUT2D eigenvalue weighted by molar-refractivity contribution is 7.98. The lowest BCUT2D eigenvalue weighted by molar-refractivity contribution is 0.0949. The number of thioether (sulfide) groups is 1. The minimum atomic E-state index is -0.0465. The Labute approximate surface area is 168 Å². The zero-order chi connectivity index (χ0) is 19.1. The number of para-hydroxylation sites is 1. The first-order chi connectivity index (χ1) is 13.1. The molecule has 0 aliphatic heterocycles. The van der Waals surface area contributed by atoms with Crippen LogP contribution in [0, 0.1) is 6.92 Å². The molecule has 1 unspecified atom stereocenters. The van der Waals surface area contributed by atoms with Gasteiger partial charge in [-0.1, -0.05) is 30.3 Å². The Bertz CT molecular complexity index is 881. The molecule has 0 spiro atoms. The Hall–Kier alpha value is -2.31. The molecule has 1 amide bonds. The zero-order valence-electron chi connectivity index (χ0n) is 15.4. The highest BCUT2D eigenvalue weighted by Gasteiger charge is 2.13. The van der Waals surface area contributed by atoms with Crippen LogP contribution in [-0.2, 0) is 5.75 Å². The van der Waals surface area contributed by atoms with Crippen LogP contribution in [0.25, 0.3) is 0 Å². The fourth-order valence-electron chi connectivity index (χ4n) is 2.63. The number of benzene rings is 2. The van der Waals surface area contributed by atoms with Crippen LogP contribution in [0.1, 0.15) is 28.5 Å². The maximum absolute atomic E-state index is 12.7. The maximum atomic E-state index is 12.7. The van der Waals surface area contributed by atoms with E-state index in [4.69, 9.17) is 0 Å². The highest BCUT2D eigenvalue weighted by atomic mass is 32.2. The third kappa shape index (κ3) is 5.58. The van der Waals surface area contributed by atoms with E-state index in [0.29, 0.717) is 12.1 Å². The van der Waals surface area contributed by atoms with Gasteiger partial charge in [0.1, 0.15) is 0 Å². The van der Waals surface area contributed by atoms with Crippen molar-refractivity contribution >= 4 is 34.7 Å². The van der Waals surface area contributed by atoms with Crippen molar-refractivity contribution in [1.82, 2.24) is 10.3 Å². The molecule has 1 aromatic heterocycles. The summed E-state index contributed by atoms with van der Waals surface area (Å²) >= 11 is 3.23. The highest BCUT2D eigenvalue weighted by Crippen LogP contribution is 2.26. The minimum Gasteiger partial charge on any atom is -0.381 e. The molecule has 1 atom stereocenters. The fraction of sp³-hybridized carbons (Fsp3) is 0.238. The average Bonchev–Trinajstić information content (AvgIpc) is 3.20. The third-order valence-electron chi connectivity index (χ3n) is 4.11. The molecule has 1 heterocycles. The Kier molecular flexibility index (Phi) is 6.90. The zero-order valence-corrected chi connectivity index (χ0v) is 17.1. The summed E-state index contributed by atoms with van der Waals surface area (Å²) in [5, 5.41) is 8.53. The third-order valence-corrected chi connectivity index (χ3v) is 5.85. The summed E-state index contributed by atoms with van der Waals surface area (Å²) < 4.78 is 0. The van der Waals surface area contributed by atoms with Crippen molar-refractivity contribution in [2.24, 2.45) is 0 Å². The molecule has 0 saturated carbocycles. The van der Waals surface area contributed by atoms with E-state index in [0.717, 1.165) is 22.0 Å².